The molecule has 1 atom stereocenters. The minimum absolute atomic E-state index is 0.487. The molecule has 0 saturated heterocycles. The average Bonchev–Trinajstić information content (AvgIpc) is 2.45. The lowest BCUT2D eigenvalue weighted by Crippen LogP contribution is -2.14. The highest BCUT2D eigenvalue weighted by molar-refractivity contribution is 5.75. The van der Waals surface area contributed by atoms with Crippen molar-refractivity contribution in [2.45, 2.75) is 13.0 Å². The molecular weight excluding hydrogens is 166 g/mol. The van der Waals surface area contributed by atoms with E-state index in [1.165, 1.54) is 4.68 Å². The van der Waals surface area contributed by atoms with E-state index in [0.717, 1.165) is 11.0 Å². The number of imidazole rings is 1. The zero-order chi connectivity index (χ0) is 9.42. The molecule has 0 spiro atoms. The molecule has 0 radical (unpaired) electrons. The molecular formula is C9H11N3O. The summed E-state index contributed by atoms with van der Waals surface area (Å²) in [4.78, 5) is 4.20. The Hall–Kier alpha value is -1.55. The van der Waals surface area contributed by atoms with Crippen LogP contribution in [0.3, 0.4) is 0 Å². The van der Waals surface area contributed by atoms with Gasteiger partial charge in [0.15, 0.2) is 5.82 Å². The minimum atomic E-state index is -0.641. The number of hydrogen-bond donors (Lipinski definition) is 2. The predicted molar refractivity (Wildman–Crippen MR) is 50.5 cm³/mol. The highest BCUT2D eigenvalue weighted by Gasteiger charge is 2.11. The molecule has 68 valence electrons. The molecule has 1 aromatic carbocycles. The van der Waals surface area contributed by atoms with Crippen molar-refractivity contribution in [3.63, 3.8) is 0 Å². The number of nitrogens with two attached hydrogens (primary N) is 1. The van der Waals surface area contributed by atoms with Crippen molar-refractivity contribution >= 4 is 11.0 Å². The predicted octanol–water partition coefficient (Wildman–Crippen LogP) is 0.803. The summed E-state index contributed by atoms with van der Waals surface area (Å²) in [5.74, 6) is 6.22. The third kappa shape index (κ3) is 1.15. The largest absolute Gasteiger partial charge is 0.385 e. The van der Waals surface area contributed by atoms with Gasteiger partial charge in [-0.2, -0.15) is 0 Å². The quantitative estimate of drug-likeness (QED) is 0.633. The van der Waals surface area contributed by atoms with Crippen LogP contribution in [0.5, 0.6) is 0 Å². The Morgan fingerprint density at radius 3 is 2.77 bits per heavy atom. The number of aliphatic hydroxyl groups is 1. The maximum absolute atomic E-state index is 9.34. The number of nitrogen functional groups attached to an aromatic ring is 1. The van der Waals surface area contributed by atoms with Gasteiger partial charge < -0.3 is 10.9 Å². The van der Waals surface area contributed by atoms with Crippen LogP contribution in [0.2, 0.25) is 0 Å². The van der Waals surface area contributed by atoms with E-state index in [4.69, 9.17) is 5.84 Å². The molecule has 3 N–H and O–H groups in total. The highest BCUT2D eigenvalue weighted by atomic mass is 16.3. The van der Waals surface area contributed by atoms with Gasteiger partial charge in [-0.1, -0.05) is 12.1 Å². The summed E-state index contributed by atoms with van der Waals surface area (Å²) in [7, 11) is 0. The number of hydrogen-bond acceptors (Lipinski definition) is 3. The lowest BCUT2D eigenvalue weighted by molar-refractivity contribution is 0.187. The fourth-order valence-electron chi connectivity index (χ4n) is 1.36. The third-order valence-electron chi connectivity index (χ3n) is 2.00. The van der Waals surface area contributed by atoms with Crippen molar-refractivity contribution in [1.29, 1.82) is 0 Å². The maximum atomic E-state index is 9.34. The van der Waals surface area contributed by atoms with Crippen molar-refractivity contribution in [3.05, 3.63) is 30.1 Å². The first-order valence-corrected chi connectivity index (χ1v) is 4.10. The molecule has 0 aliphatic rings. The number of fused-ring (bicyclic) bond motifs is 1. The van der Waals surface area contributed by atoms with Gasteiger partial charge in [-0.25, -0.2) is 9.66 Å². The number of benzene rings is 1. The minimum Gasteiger partial charge on any atom is -0.385 e. The monoisotopic (exact) mass is 177 g/mol. The van der Waals surface area contributed by atoms with Gasteiger partial charge in [0.2, 0.25) is 0 Å². The van der Waals surface area contributed by atoms with Crippen LogP contribution in [0.1, 0.15) is 18.9 Å². The Labute approximate surface area is 75.6 Å². The Balaban J connectivity index is 2.74. The standard InChI is InChI=1S/C9H11N3O/c1-6(13)9-11-7-4-2-3-5-8(7)12(9)10/h2-6,13H,10H2,1H3/t6-/m1/s1. The van der Waals surface area contributed by atoms with E-state index in [9.17, 15) is 5.11 Å². The molecule has 13 heavy (non-hydrogen) atoms. The molecule has 0 amide bonds. The van der Waals surface area contributed by atoms with Gasteiger partial charge in [0, 0.05) is 0 Å². The molecule has 0 aliphatic carbocycles. The van der Waals surface area contributed by atoms with Crippen molar-refractivity contribution < 1.29 is 5.11 Å². The lowest BCUT2D eigenvalue weighted by Gasteiger charge is -2.03. The van der Waals surface area contributed by atoms with E-state index < -0.39 is 6.10 Å². The molecule has 2 aromatic rings. The molecule has 1 heterocycles. The smallest absolute Gasteiger partial charge is 0.156 e. The van der Waals surface area contributed by atoms with Gasteiger partial charge in [0.25, 0.3) is 0 Å². The SMILES string of the molecule is C[C@@H](O)c1nc2ccccc2n1N. The maximum Gasteiger partial charge on any atom is 0.156 e. The van der Waals surface area contributed by atoms with Crippen LogP contribution < -0.4 is 5.84 Å². The summed E-state index contributed by atoms with van der Waals surface area (Å²) >= 11 is 0. The van der Waals surface area contributed by atoms with Gasteiger partial charge in [0.1, 0.15) is 6.10 Å². The van der Waals surface area contributed by atoms with Crippen molar-refractivity contribution in [2.75, 3.05) is 5.84 Å². The molecule has 4 heteroatoms. The first kappa shape index (κ1) is 8.07. The second-order valence-corrected chi connectivity index (χ2v) is 3.00. The topological polar surface area (TPSA) is 64.1 Å². The molecule has 1 aromatic heterocycles. The van der Waals surface area contributed by atoms with E-state index in [1.807, 2.05) is 24.3 Å². The van der Waals surface area contributed by atoms with Crippen molar-refractivity contribution in [2.24, 2.45) is 0 Å². The number of nitrogens with zero attached hydrogens (tertiary/aromatic N) is 2. The Kier molecular flexibility index (Phi) is 1.70. The van der Waals surface area contributed by atoms with E-state index in [1.54, 1.807) is 6.92 Å². The fourth-order valence-corrected chi connectivity index (χ4v) is 1.36. The van der Waals surface area contributed by atoms with Crippen LogP contribution in [-0.4, -0.2) is 14.8 Å². The van der Waals surface area contributed by atoms with Crippen LogP contribution in [0.15, 0.2) is 24.3 Å². The zero-order valence-electron chi connectivity index (χ0n) is 7.31. The molecule has 4 nitrogen and oxygen atoms in total. The Morgan fingerprint density at radius 2 is 2.15 bits per heavy atom. The van der Waals surface area contributed by atoms with Crippen molar-refractivity contribution in [1.82, 2.24) is 9.66 Å². The third-order valence-corrected chi connectivity index (χ3v) is 2.00. The Bertz CT molecular complexity index is 433. The van der Waals surface area contributed by atoms with Gasteiger partial charge in [0.05, 0.1) is 11.0 Å². The summed E-state index contributed by atoms with van der Waals surface area (Å²) in [6, 6.07) is 7.51. The number of para-hydroxylation sites is 2. The number of aliphatic hydroxyl groups excluding tert-OH is 1. The summed E-state index contributed by atoms with van der Waals surface area (Å²) in [5.41, 5.74) is 1.64. The fraction of sp³-hybridized carbons (Fsp3) is 0.222. The average molecular weight is 177 g/mol. The first-order valence-electron chi connectivity index (χ1n) is 4.10. The van der Waals surface area contributed by atoms with Crippen LogP contribution in [0.4, 0.5) is 0 Å². The van der Waals surface area contributed by atoms with E-state index in [-0.39, 0.29) is 0 Å². The Morgan fingerprint density at radius 1 is 1.46 bits per heavy atom. The molecule has 0 saturated carbocycles. The summed E-state index contributed by atoms with van der Waals surface area (Å²) in [6.07, 6.45) is -0.641. The number of aromatic nitrogens is 2. The van der Waals surface area contributed by atoms with Gasteiger partial charge >= 0.3 is 0 Å². The first-order chi connectivity index (χ1) is 6.20. The van der Waals surface area contributed by atoms with E-state index >= 15 is 0 Å². The van der Waals surface area contributed by atoms with Crippen molar-refractivity contribution in [3.8, 4) is 0 Å². The molecule has 2 rings (SSSR count). The van der Waals surface area contributed by atoms with E-state index in [2.05, 4.69) is 4.98 Å². The summed E-state index contributed by atoms with van der Waals surface area (Å²) in [5, 5.41) is 9.34. The second kappa shape index (κ2) is 2.74. The van der Waals surface area contributed by atoms with Crippen LogP contribution in [0, 0.1) is 0 Å². The summed E-state index contributed by atoms with van der Waals surface area (Å²) < 4.78 is 1.42. The van der Waals surface area contributed by atoms with Gasteiger partial charge in [-0.15, -0.1) is 0 Å². The number of rotatable bonds is 1. The van der Waals surface area contributed by atoms with Gasteiger partial charge in [-0.3, -0.25) is 0 Å². The summed E-state index contributed by atoms with van der Waals surface area (Å²) in [6.45, 7) is 1.64. The zero-order valence-corrected chi connectivity index (χ0v) is 7.31. The normalized spacial score (nSPS) is 13.4. The highest BCUT2D eigenvalue weighted by Crippen LogP contribution is 2.17. The van der Waals surface area contributed by atoms with Crippen LogP contribution in [-0.2, 0) is 0 Å². The molecule has 0 unspecified atom stereocenters. The molecule has 0 fully saturated rings. The molecule has 0 bridgehead atoms. The lowest BCUT2D eigenvalue weighted by atomic mass is 10.3. The molecule has 0 aliphatic heterocycles. The second-order valence-electron chi connectivity index (χ2n) is 3.00. The van der Waals surface area contributed by atoms with Crippen LogP contribution >= 0.6 is 0 Å². The van der Waals surface area contributed by atoms with E-state index in [0.29, 0.717) is 5.82 Å². The van der Waals surface area contributed by atoms with Crippen LogP contribution in [0.25, 0.3) is 11.0 Å². The van der Waals surface area contributed by atoms with Gasteiger partial charge in [-0.05, 0) is 19.1 Å².